The summed E-state index contributed by atoms with van der Waals surface area (Å²) in [6, 6.07) is 1.89. The molecule has 0 saturated heterocycles. The summed E-state index contributed by atoms with van der Waals surface area (Å²) in [6.07, 6.45) is 1.54. The summed E-state index contributed by atoms with van der Waals surface area (Å²) in [7, 11) is 1.99. The number of anilines is 1. The molecule has 0 radical (unpaired) electrons. The second-order valence-electron chi connectivity index (χ2n) is 3.41. The average molecular weight is 299 g/mol. The molecule has 0 N–H and O–H groups in total. The molecule has 6 heteroatoms. The molecule has 0 saturated carbocycles. The van der Waals surface area contributed by atoms with Crippen LogP contribution in [0.4, 0.5) is 5.82 Å². The fourth-order valence-corrected chi connectivity index (χ4v) is 2.24. The Bertz CT molecular complexity index is 485. The third kappa shape index (κ3) is 2.76. The van der Waals surface area contributed by atoms with Gasteiger partial charge in [-0.15, -0.1) is 11.3 Å². The molecule has 0 bridgehead atoms. The van der Waals surface area contributed by atoms with Crippen molar-refractivity contribution >= 4 is 33.1 Å². The molecular formula is C10H11BrN4S. The van der Waals surface area contributed by atoms with Crippen molar-refractivity contribution < 1.29 is 0 Å². The minimum Gasteiger partial charge on any atom is -0.354 e. The summed E-state index contributed by atoms with van der Waals surface area (Å²) in [5, 5.41) is 3.16. The van der Waals surface area contributed by atoms with E-state index in [2.05, 4.69) is 36.3 Å². The first-order valence-electron chi connectivity index (χ1n) is 4.75. The molecule has 2 aromatic rings. The minimum atomic E-state index is 0.758. The van der Waals surface area contributed by atoms with Gasteiger partial charge in [-0.3, -0.25) is 0 Å². The van der Waals surface area contributed by atoms with Crippen molar-refractivity contribution in [2.45, 2.75) is 13.5 Å². The van der Waals surface area contributed by atoms with Gasteiger partial charge in [0.2, 0.25) is 0 Å². The molecule has 84 valence electrons. The van der Waals surface area contributed by atoms with Crippen LogP contribution in [0, 0.1) is 6.92 Å². The lowest BCUT2D eigenvalue weighted by molar-refractivity contribution is 0.863. The summed E-state index contributed by atoms with van der Waals surface area (Å²) in [4.78, 5) is 14.7. The van der Waals surface area contributed by atoms with Crippen molar-refractivity contribution in [3.63, 3.8) is 0 Å². The quantitative estimate of drug-likeness (QED) is 0.817. The van der Waals surface area contributed by atoms with E-state index in [1.165, 1.54) is 0 Å². The van der Waals surface area contributed by atoms with Crippen LogP contribution in [0.15, 0.2) is 22.4 Å². The Morgan fingerprint density at radius 1 is 1.44 bits per heavy atom. The summed E-state index contributed by atoms with van der Waals surface area (Å²) >= 11 is 4.99. The molecule has 0 aromatic carbocycles. The molecule has 0 amide bonds. The number of hydrogen-bond acceptors (Lipinski definition) is 5. The van der Waals surface area contributed by atoms with Crippen LogP contribution < -0.4 is 4.90 Å². The average Bonchev–Trinajstić information content (AvgIpc) is 2.64. The van der Waals surface area contributed by atoms with Gasteiger partial charge in [0.15, 0.2) is 0 Å². The van der Waals surface area contributed by atoms with Crippen LogP contribution in [0.1, 0.15) is 10.7 Å². The summed E-state index contributed by atoms with van der Waals surface area (Å²) in [6.45, 7) is 2.77. The first-order valence-corrected chi connectivity index (χ1v) is 6.42. The van der Waals surface area contributed by atoms with Crippen molar-refractivity contribution in [2.75, 3.05) is 11.9 Å². The number of nitrogens with zero attached hydrogens (tertiary/aromatic N) is 4. The van der Waals surface area contributed by atoms with Crippen molar-refractivity contribution in [1.82, 2.24) is 15.0 Å². The van der Waals surface area contributed by atoms with Gasteiger partial charge in [0.1, 0.15) is 16.7 Å². The topological polar surface area (TPSA) is 41.9 Å². The minimum absolute atomic E-state index is 0.758. The molecule has 2 heterocycles. The summed E-state index contributed by atoms with van der Waals surface area (Å²) in [5.74, 6) is 0.882. The van der Waals surface area contributed by atoms with Gasteiger partial charge in [0, 0.05) is 18.5 Å². The molecule has 2 aromatic heterocycles. The van der Waals surface area contributed by atoms with E-state index in [0.29, 0.717) is 0 Å². The normalized spacial score (nSPS) is 10.4. The Morgan fingerprint density at radius 2 is 2.25 bits per heavy atom. The molecule has 0 aliphatic heterocycles. The number of hydrogen-bond donors (Lipinski definition) is 0. The second-order valence-corrected chi connectivity index (χ2v) is 5.29. The van der Waals surface area contributed by atoms with Crippen LogP contribution in [-0.2, 0) is 6.54 Å². The standard InChI is InChI=1S/C10H11BrN4S/c1-7-14-8(5-16-7)4-15(2)10-3-9(11)12-6-13-10/h3,5-6H,4H2,1-2H3. The largest absolute Gasteiger partial charge is 0.354 e. The highest BCUT2D eigenvalue weighted by atomic mass is 79.9. The number of halogens is 1. The molecule has 4 nitrogen and oxygen atoms in total. The number of aromatic nitrogens is 3. The van der Waals surface area contributed by atoms with E-state index in [1.54, 1.807) is 17.7 Å². The molecule has 16 heavy (non-hydrogen) atoms. The fraction of sp³-hybridized carbons (Fsp3) is 0.300. The zero-order chi connectivity index (χ0) is 11.5. The van der Waals surface area contributed by atoms with E-state index in [9.17, 15) is 0 Å². The van der Waals surface area contributed by atoms with Gasteiger partial charge in [-0.2, -0.15) is 0 Å². The monoisotopic (exact) mass is 298 g/mol. The highest BCUT2D eigenvalue weighted by Gasteiger charge is 2.06. The lowest BCUT2D eigenvalue weighted by atomic mass is 10.4. The molecular weight excluding hydrogens is 288 g/mol. The van der Waals surface area contributed by atoms with Crippen LogP contribution in [0.3, 0.4) is 0 Å². The lowest BCUT2D eigenvalue weighted by Crippen LogP contribution is -2.17. The lowest BCUT2D eigenvalue weighted by Gasteiger charge is -2.16. The second kappa shape index (κ2) is 4.88. The summed E-state index contributed by atoms with van der Waals surface area (Å²) < 4.78 is 0.791. The number of aryl methyl sites for hydroxylation is 1. The van der Waals surface area contributed by atoms with Crippen LogP contribution in [-0.4, -0.2) is 22.0 Å². The van der Waals surface area contributed by atoms with Gasteiger partial charge in [0.05, 0.1) is 17.2 Å². The maximum Gasteiger partial charge on any atom is 0.133 e. The van der Waals surface area contributed by atoms with E-state index in [0.717, 1.165) is 27.7 Å². The Balaban J connectivity index is 2.11. The third-order valence-corrected chi connectivity index (χ3v) is 3.33. The molecule has 0 spiro atoms. The highest BCUT2D eigenvalue weighted by Crippen LogP contribution is 2.16. The van der Waals surface area contributed by atoms with Crippen LogP contribution in [0.25, 0.3) is 0 Å². The number of thiazole rings is 1. The molecule has 0 atom stereocenters. The van der Waals surface area contributed by atoms with Crippen LogP contribution in [0.2, 0.25) is 0 Å². The van der Waals surface area contributed by atoms with E-state index in [4.69, 9.17) is 0 Å². The first-order chi connectivity index (χ1) is 7.65. The van der Waals surface area contributed by atoms with Gasteiger partial charge in [-0.25, -0.2) is 15.0 Å². The van der Waals surface area contributed by atoms with E-state index >= 15 is 0 Å². The summed E-state index contributed by atoms with van der Waals surface area (Å²) in [5.41, 5.74) is 1.07. The molecule has 0 aliphatic rings. The smallest absolute Gasteiger partial charge is 0.133 e. The van der Waals surface area contributed by atoms with Crippen LogP contribution in [0.5, 0.6) is 0 Å². The van der Waals surface area contributed by atoms with Gasteiger partial charge >= 0.3 is 0 Å². The molecule has 0 aliphatic carbocycles. The van der Waals surface area contributed by atoms with Crippen molar-refractivity contribution in [3.05, 3.63) is 33.1 Å². The first kappa shape index (κ1) is 11.5. The van der Waals surface area contributed by atoms with Gasteiger partial charge in [-0.1, -0.05) is 0 Å². The van der Waals surface area contributed by atoms with Gasteiger partial charge in [0.25, 0.3) is 0 Å². The van der Waals surface area contributed by atoms with Crippen molar-refractivity contribution in [2.24, 2.45) is 0 Å². The van der Waals surface area contributed by atoms with Gasteiger partial charge in [-0.05, 0) is 22.9 Å². The molecule has 0 unspecified atom stereocenters. The van der Waals surface area contributed by atoms with E-state index in [-0.39, 0.29) is 0 Å². The maximum absolute atomic E-state index is 4.42. The Kier molecular flexibility index (Phi) is 3.50. The van der Waals surface area contributed by atoms with Gasteiger partial charge < -0.3 is 4.90 Å². The van der Waals surface area contributed by atoms with Crippen LogP contribution >= 0.6 is 27.3 Å². The zero-order valence-electron chi connectivity index (χ0n) is 9.01. The molecule has 0 fully saturated rings. The van der Waals surface area contributed by atoms with E-state index < -0.39 is 0 Å². The van der Waals surface area contributed by atoms with Crippen molar-refractivity contribution in [1.29, 1.82) is 0 Å². The maximum atomic E-state index is 4.42. The fourth-order valence-electron chi connectivity index (χ4n) is 1.34. The SMILES string of the molecule is Cc1nc(CN(C)c2cc(Br)ncn2)cs1. The predicted octanol–water partition coefficient (Wildman–Crippen LogP) is 2.64. The molecule has 2 rings (SSSR count). The Labute approximate surface area is 107 Å². The Morgan fingerprint density at radius 3 is 2.88 bits per heavy atom. The number of rotatable bonds is 3. The zero-order valence-corrected chi connectivity index (χ0v) is 11.4. The third-order valence-electron chi connectivity index (χ3n) is 2.08. The predicted molar refractivity (Wildman–Crippen MR) is 68.7 cm³/mol. The Hall–Kier alpha value is -1.01. The van der Waals surface area contributed by atoms with Crippen molar-refractivity contribution in [3.8, 4) is 0 Å². The van der Waals surface area contributed by atoms with E-state index in [1.807, 2.05) is 24.9 Å². The highest BCUT2D eigenvalue weighted by molar-refractivity contribution is 9.10.